The van der Waals surface area contributed by atoms with E-state index in [9.17, 15) is 0 Å². The number of rotatable bonds is 3. The Morgan fingerprint density at radius 3 is 3.14 bits per heavy atom. The molecule has 0 aliphatic rings. The lowest BCUT2D eigenvalue weighted by molar-refractivity contribution is 0.258. The monoisotopic (exact) mass is 254 g/mol. The second-order valence-corrected chi connectivity index (χ2v) is 3.40. The van der Waals surface area contributed by atoms with E-state index in [1.54, 1.807) is 12.5 Å². The fourth-order valence-corrected chi connectivity index (χ4v) is 1.28. The molecule has 2 aromatic heterocycles. The molecule has 2 heterocycles. The second-order valence-electron chi connectivity index (χ2n) is 2.54. The molecule has 0 saturated heterocycles. The third-order valence-corrected chi connectivity index (χ3v) is 2.11. The molecule has 0 aliphatic carbocycles. The van der Waals surface area contributed by atoms with Crippen LogP contribution < -0.4 is 4.74 Å². The van der Waals surface area contributed by atoms with Gasteiger partial charge in [0.2, 0.25) is 5.88 Å². The van der Waals surface area contributed by atoms with Gasteiger partial charge in [0, 0.05) is 6.20 Å². The van der Waals surface area contributed by atoms with Crippen LogP contribution >= 0.6 is 15.9 Å². The van der Waals surface area contributed by atoms with Gasteiger partial charge in [-0.1, -0.05) is 0 Å². The lowest BCUT2D eigenvalue weighted by Crippen LogP contribution is -1.96. The van der Waals surface area contributed by atoms with Crippen molar-refractivity contribution >= 4 is 15.9 Å². The summed E-state index contributed by atoms with van der Waals surface area (Å²) in [5, 5.41) is 0. The summed E-state index contributed by atoms with van der Waals surface area (Å²) in [5.41, 5.74) is 0. The summed E-state index contributed by atoms with van der Waals surface area (Å²) < 4.78 is 11.2. The molecule has 0 atom stereocenters. The topological polar surface area (TPSA) is 48.2 Å². The van der Waals surface area contributed by atoms with Gasteiger partial charge in [0.15, 0.2) is 0 Å². The van der Waals surface area contributed by atoms with Gasteiger partial charge in [0.1, 0.15) is 18.7 Å². The third kappa shape index (κ3) is 2.11. The Morgan fingerprint density at radius 2 is 2.43 bits per heavy atom. The van der Waals surface area contributed by atoms with Crippen molar-refractivity contribution in [2.24, 2.45) is 0 Å². The summed E-state index contributed by atoms with van der Waals surface area (Å²) in [5.74, 6) is 1.27. The van der Waals surface area contributed by atoms with Crippen LogP contribution in [0.1, 0.15) is 5.76 Å². The predicted molar refractivity (Wildman–Crippen MR) is 52.8 cm³/mol. The fraction of sp³-hybridized carbons (Fsp3) is 0.111. The number of nitrogens with zero attached hydrogens (tertiary/aromatic N) is 2. The lowest BCUT2D eigenvalue weighted by atomic mass is 10.5. The molecule has 5 heteroatoms. The molecule has 0 N–H and O–H groups in total. The predicted octanol–water partition coefficient (Wildman–Crippen LogP) is 2.41. The molecule has 2 rings (SSSR count). The van der Waals surface area contributed by atoms with E-state index in [0.717, 1.165) is 10.2 Å². The molecular weight excluding hydrogens is 248 g/mol. The Bertz CT molecular complexity index is 403. The van der Waals surface area contributed by atoms with Crippen LogP contribution in [0.15, 0.2) is 39.8 Å². The van der Waals surface area contributed by atoms with E-state index >= 15 is 0 Å². The largest absolute Gasteiger partial charge is 0.469 e. The molecule has 0 spiro atoms. The highest BCUT2D eigenvalue weighted by Crippen LogP contribution is 2.20. The Labute approximate surface area is 89.1 Å². The first-order valence-electron chi connectivity index (χ1n) is 3.97. The van der Waals surface area contributed by atoms with Crippen molar-refractivity contribution in [2.45, 2.75) is 6.61 Å². The Hall–Kier alpha value is -1.36. The van der Waals surface area contributed by atoms with E-state index < -0.39 is 0 Å². The summed E-state index contributed by atoms with van der Waals surface area (Å²) >= 11 is 3.28. The zero-order chi connectivity index (χ0) is 9.80. The highest BCUT2D eigenvalue weighted by molar-refractivity contribution is 9.10. The molecule has 0 aliphatic heterocycles. The zero-order valence-electron chi connectivity index (χ0n) is 7.18. The van der Waals surface area contributed by atoms with E-state index in [0.29, 0.717) is 12.5 Å². The van der Waals surface area contributed by atoms with Gasteiger partial charge < -0.3 is 9.15 Å². The minimum atomic E-state index is 0.364. The SMILES string of the molecule is Brc1cncnc1OCc1ccco1. The minimum absolute atomic E-state index is 0.364. The third-order valence-electron chi connectivity index (χ3n) is 1.57. The van der Waals surface area contributed by atoms with E-state index in [1.165, 1.54) is 6.33 Å². The van der Waals surface area contributed by atoms with E-state index in [4.69, 9.17) is 9.15 Å². The van der Waals surface area contributed by atoms with Gasteiger partial charge in [-0.2, -0.15) is 0 Å². The van der Waals surface area contributed by atoms with Crippen LogP contribution in [0.25, 0.3) is 0 Å². The van der Waals surface area contributed by atoms with Gasteiger partial charge in [0.25, 0.3) is 0 Å². The number of hydrogen-bond acceptors (Lipinski definition) is 4. The van der Waals surface area contributed by atoms with Crippen LogP contribution in [-0.2, 0) is 6.61 Å². The van der Waals surface area contributed by atoms with Crippen LogP contribution in [-0.4, -0.2) is 9.97 Å². The smallest absolute Gasteiger partial charge is 0.231 e. The number of hydrogen-bond donors (Lipinski definition) is 0. The van der Waals surface area contributed by atoms with Crippen molar-refractivity contribution in [2.75, 3.05) is 0 Å². The van der Waals surface area contributed by atoms with Crippen molar-refractivity contribution in [3.8, 4) is 5.88 Å². The van der Waals surface area contributed by atoms with Crippen molar-refractivity contribution in [1.29, 1.82) is 0 Å². The van der Waals surface area contributed by atoms with Gasteiger partial charge >= 0.3 is 0 Å². The average molecular weight is 255 g/mol. The maximum atomic E-state index is 5.39. The van der Waals surface area contributed by atoms with E-state index in [2.05, 4.69) is 25.9 Å². The number of ether oxygens (including phenoxy) is 1. The van der Waals surface area contributed by atoms with E-state index in [-0.39, 0.29) is 0 Å². The molecule has 0 fully saturated rings. The molecule has 0 unspecified atom stereocenters. The summed E-state index contributed by atoms with van der Waals surface area (Å²) in [6.45, 7) is 0.364. The first kappa shape index (κ1) is 9.21. The number of furan rings is 1. The van der Waals surface area contributed by atoms with Crippen LogP contribution in [0.5, 0.6) is 5.88 Å². The average Bonchev–Trinajstić information content (AvgIpc) is 2.69. The highest BCUT2D eigenvalue weighted by atomic mass is 79.9. The van der Waals surface area contributed by atoms with Crippen LogP contribution in [0, 0.1) is 0 Å². The van der Waals surface area contributed by atoms with Gasteiger partial charge in [-0.3, -0.25) is 0 Å². The maximum Gasteiger partial charge on any atom is 0.231 e. The summed E-state index contributed by atoms with van der Waals surface area (Å²) in [6.07, 6.45) is 4.67. The van der Waals surface area contributed by atoms with Crippen molar-refractivity contribution in [1.82, 2.24) is 9.97 Å². The molecule has 0 aromatic carbocycles. The summed E-state index contributed by atoms with van der Waals surface area (Å²) in [6, 6.07) is 3.66. The lowest BCUT2D eigenvalue weighted by Gasteiger charge is -2.03. The standard InChI is InChI=1S/C9H7BrN2O2/c10-8-4-11-6-12-9(8)14-5-7-2-1-3-13-7/h1-4,6H,5H2. The summed E-state index contributed by atoms with van der Waals surface area (Å²) in [7, 11) is 0. The Kier molecular flexibility index (Phi) is 2.78. The van der Waals surface area contributed by atoms with Crippen molar-refractivity contribution in [3.05, 3.63) is 41.2 Å². The van der Waals surface area contributed by atoms with Crippen LogP contribution in [0.4, 0.5) is 0 Å². The second kappa shape index (κ2) is 4.23. The van der Waals surface area contributed by atoms with Crippen molar-refractivity contribution < 1.29 is 9.15 Å². The molecule has 0 bridgehead atoms. The minimum Gasteiger partial charge on any atom is -0.469 e. The summed E-state index contributed by atoms with van der Waals surface area (Å²) in [4.78, 5) is 7.78. The van der Waals surface area contributed by atoms with Gasteiger partial charge in [0.05, 0.1) is 10.7 Å². The van der Waals surface area contributed by atoms with Gasteiger partial charge in [-0.15, -0.1) is 0 Å². The fourth-order valence-electron chi connectivity index (χ4n) is 0.942. The van der Waals surface area contributed by atoms with Gasteiger partial charge in [-0.25, -0.2) is 9.97 Å². The first-order chi connectivity index (χ1) is 6.86. The molecular formula is C9H7BrN2O2. The molecule has 14 heavy (non-hydrogen) atoms. The molecule has 0 amide bonds. The number of halogens is 1. The van der Waals surface area contributed by atoms with Gasteiger partial charge in [-0.05, 0) is 28.1 Å². The maximum absolute atomic E-state index is 5.39. The molecule has 2 aromatic rings. The zero-order valence-corrected chi connectivity index (χ0v) is 8.77. The normalized spacial score (nSPS) is 10.1. The number of aromatic nitrogens is 2. The highest BCUT2D eigenvalue weighted by Gasteiger charge is 2.03. The molecule has 0 radical (unpaired) electrons. The molecule has 72 valence electrons. The van der Waals surface area contributed by atoms with Crippen molar-refractivity contribution in [3.63, 3.8) is 0 Å². The quantitative estimate of drug-likeness (QED) is 0.844. The van der Waals surface area contributed by atoms with Crippen LogP contribution in [0.3, 0.4) is 0 Å². The molecule has 0 saturated carbocycles. The molecule has 4 nitrogen and oxygen atoms in total. The van der Waals surface area contributed by atoms with E-state index in [1.807, 2.05) is 12.1 Å². The Balaban J connectivity index is 2.02. The first-order valence-corrected chi connectivity index (χ1v) is 4.76. The Morgan fingerprint density at radius 1 is 1.50 bits per heavy atom. The van der Waals surface area contributed by atoms with Crippen LogP contribution in [0.2, 0.25) is 0 Å².